The lowest BCUT2D eigenvalue weighted by atomic mass is 9.93. The number of hydrogen-bond acceptors (Lipinski definition) is 5. The SMILES string of the molecule is CC(C)Oc1cc2nc(C34COC(CCO3)C4)cn2cc1C(=O)O. The minimum atomic E-state index is -1.03. The first kappa shape index (κ1) is 15.4. The summed E-state index contributed by atoms with van der Waals surface area (Å²) in [6.07, 6.45) is 5.17. The molecule has 2 saturated heterocycles. The monoisotopic (exact) mass is 332 g/mol. The third-order valence-electron chi connectivity index (χ3n) is 4.54. The van der Waals surface area contributed by atoms with E-state index in [1.165, 1.54) is 0 Å². The van der Waals surface area contributed by atoms with Gasteiger partial charge in [0.2, 0.25) is 0 Å². The fraction of sp³-hybridized carbons (Fsp3) is 0.529. The highest BCUT2D eigenvalue weighted by Gasteiger charge is 2.47. The second-order valence-electron chi connectivity index (χ2n) is 6.68. The summed E-state index contributed by atoms with van der Waals surface area (Å²) in [7, 11) is 0. The average Bonchev–Trinajstić information content (AvgIpc) is 3.07. The largest absolute Gasteiger partial charge is 0.490 e. The lowest BCUT2D eigenvalue weighted by Crippen LogP contribution is -2.34. The van der Waals surface area contributed by atoms with Crippen molar-refractivity contribution in [3.63, 3.8) is 0 Å². The number of aromatic carboxylic acids is 1. The third-order valence-corrected chi connectivity index (χ3v) is 4.54. The van der Waals surface area contributed by atoms with Gasteiger partial charge in [0.15, 0.2) is 0 Å². The van der Waals surface area contributed by atoms with Crippen molar-refractivity contribution in [2.75, 3.05) is 13.2 Å². The fourth-order valence-electron chi connectivity index (χ4n) is 3.41. The number of pyridine rings is 1. The van der Waals surface area contributed by atoms with Crippen LogP contribution in [0, 0.1) is 0 Å². The van der Waals surface area contributed by atoms with E-state index in [2.05, 4.69) is 4.98 Å². The molecule has 128 valence electrons. The van der Waals surface area contributed by atoms with Gasteiger partial charge in [0.1, 0.15) is 22.6 Å². The van der Waals surface area contributed by atoms with E-state index < -0.39 is 11.6 Å². The Hall–Kier alpha value is -2.12. The van der Waals surface area contributed by atoms with Gasteiger partial charge in [-0.1, -0.05) is 0 Å². The molecule has 7 nitrogen and oxygen atoms in total. The number of ether oxygens (including phenoxy) is 3. The molecule has 2 aliphatic heterocycles. The molecule has 4 heterocycles. The highest BCUT2D eigenvalue weighted by atomic mass is 16.6. The maximum atomic E-state index is 11.5. The zero-order valence-corrected chi connectivity index (χ0v) is 13.7. The van der Waals surface area contributed by atoms with Gasteiger partial charge in [-0.2, -0.15) is 0 Å². The van der Waals surface area contributed by atoms with Gasteiger partial charge in [-0.25, -0.2) is 9.78 Å². The Bertz CT molecular complexity index is 796. The van der Waals surface area contributed by atoms with E-state index >= 15 is 0 Å². The van der Waals surface area contributed by atoms with Gasteiger partial charge in [-0.3, -0.25) is 0 Å². The number of nitrogens with zero attached hydrogens (tertiary/aromatic N) is 2. The second-order valence-corrected chi connectivity index (χ2v) is 6.68. The van der Waals surface area contributed by atoms with Crippen LogP contribution in [0.1, 0.15) is 42.7 Å². The number of imidazole rings is 1. The van der Waals surface area contributed by atoms with Crippen LogP contribution in [0.25, 0.3) is 5.65 Å². The van der Waals surface area contributed by atoms with Crippen molar-refractivity contribution >= 4 is 11.6 Å². The van der Waals surface area contributed by atoms with E-state index in [4.69, 9.17) is 14.2 Å². The van der Waals surface area contributed by atoms with Crippen molar-refractivity contribution < 1.29 is 24.1 Å². The molecule has 0 amide bonds. The minimum Gasteiger partial charge on any atom is -0.490 e. The molecule has 2 aromatic rings. The van der Waals surface area contributed by atoms with Gasteiger partial charge in [0.05, 0.1) is 31.1 Å². The highest BCUT2D eigenvalue weighted by molar-refractivity contribution is 5.91. The molecular weight excluding hydrogens is 312 g/mol. The van der Waals surface area contributed by atoms with Gasteiger partial charge in [0, 0.05) is 24.9 Å². The number of hydrogen-bond donors (Lipinski definition) is 1. The molecule has 2 fully saturated rings. The second kappa shape index (κ2) is 5.46. The van der Waals surface area contributed by atoms with Crippen molar-refractivity contribution in [1.29, 1.82) is 0 Å². The summed E-state index contributed by atoms with van der Waals surface area (Å²) in [6, 6.07) is 1.67. The summed E-state index contributed by atoms with van der Waals surface area (Å²) in [6.45, 7) is 4.86. The number of rotatable bonds is 4. The first-order valence-electron chi connectivity index (χ1n) is 8.15. The zero-order chi connectivity index (χ0) is 16.9. The predicted octanol–water partition coefficient (Wildman–Crippen LogP) is 2.22. The molecule has 1 N–H and O–H groups in total. The van der Waals surface area contributed by atoms with Crippen LogP contribution in [0.2, 0.25) is 0 Å². The number of aromatic nitrogens is 2. The molecule has 2 atom stereocenters. The maximum absolute atomic E-state index is 11.5. The van der Waals surface area contributed by atoms with Crippen LogP contribution in [0.4, 0.5) is 0 Å². The molecule has 0 aliphatic carbocycles. The fourth-order valence-corrected chi connectivity index (χ4v) is 3.41. The number of carboxylic acid groups (broad SMARTS) is 1. The van der Waals surface area contributed by atoms with Crippen molar-refractivity contribution in [2.45, 2.75) is 44.5 Å². The molecule has 0 saturated carbocycles. The van der Waals surface area contributed by atoms with Crippen molar-refractivity contribution in [1.82, 2.24) is 9.38 Å². The topological polar surface area (TPSA) is 82.3 Å². The number of carbonyl (C=O) groups is 1. The van der Waals surface area contributed by atoms with Gasteiger partial charge < -0.3 is 23.7 Å². The molecular formula is C17H20N2O5. The zero-order valence-electron chi connectivity index (χ0n) is 13.7. The molecule has 4 rings (SSSR count). The summed E-state index contributed by atoms with van der Waals surface area (Å²) in [5.41, 5.74) is 1.01. The van der Waals surface area contributed by atoms with Crippen LogP contribution in [-0.2, 0) is 15.1 Å². The lowest BCUT2D eigenvalue weighted by Gasteiger charge is -2.29. The van der Waals surface area contributed by atoms with Crippen molar-refractivity contribution in [2.24, 2.45) is 0 Å². The van der Waals surface area contributed by atoms with E-state index in [0.29, 0.717) is 24.6 Å². The standard InChI is InChI=1S/C17H20N2O5/c1-10(2)24-13-5-15-18-14(8-19(15)7-12(13)16(20)21)17-6-11(22-9-17)3-4-23-17/h5,7-8,10-11H,3-4,6,9H2,1-2H3,(H,20,21). The predicted molar refractivity (Wildman–Crippen MR) is 84.5 cm³/mol. The van der Waals surface area contributed by atoms with Crippen LogP contribution in [0.3, 0.4) is 0 Å². The van der Waals surface area contributed by atoms with E-state index in [9.17, 15) is 9.90 Å². The summed E-state index contributed by atoms with van der Waals surface area (Å²) in [4.78, 5) is 16.2. The molecule has 0 aromatic carbocycles. The first-order valence-corrected chi connectivity index (χ1v) is 8.15. The summed E-state index contributed by atoms with van der Waals surface area (Å²) in [5, 5.41) is 9.44. The molecule has 2 unspecified atom stereocenters. The van der Waals surface area contributed by atoms with Gasteiger partial charge >= 0.3 is 5.97 Å². The quantitative estimate of drug-likeness (QED) is 0.924. The van der Waals surface area contributed by atoms with E-state index in [1.807, 2.05) is 20.0 Å². The summed E-state index contributed by atoms with van der Waals surface area (Å²) >= 11 is 0. The summed E-state index contributed by atoms with van der Waals surface area (Å²) < 4.78 is 19.1. The number of carboxylic acids is 1. The Labute approximate surface area is 139 Å². The van der Waals surface area contributed by atoms with Crippen LogP contribution in [0.15, 0.2) is 18.5 Å². The molecule has 2 aromatic heterocycles. The Morgan fingerprint density at radius 3 is 3.08 bits per heavy atom. The minimum absolute atomic E-state index is 0.114. The Balaban J connectivity index is 1.79. The lowest BCUT2D eigenvalue weighted by molar-refractivity contribution is -0.0597. The molecule has 0 spiro atoms. The van der Waals surface area contributed by atoms with Crippen LogP contribution < -0.4 is 4.74 Å². The Kier molecular flexibility index (Phi) is 3.51. The highest BCUT2D eigenvalue weighted by Crippen LogP contribution is 2.42. The molecule has 24 heavy (non-hydrogen) atoms. The maximum Gasteiger partial charge on any atom is 0.341 e. The van der Waals surface area contributed by atoms with Crippen molar-refractivity contribution in [3.8, 4) is 5.75 Å². The first-order chi connectivity index (χ1) is 11.5. The van der Waals surface area contributed by atoms with Gasteiger partial charge in [-0.15, -0.1) is 0 Å². The summed E-state index contributed by atoms with van der Waals surface area (Å²) in [5.74, 6) is -0.705. The van der Waals surface area contributed by atoms with Crippen molar-refractivity contribution in [3.05, 3.63) is 29.7 Å². The Morgan fingerprint density at radius 2 is 2.33 bits per heavy atom. The van der Waals surface area contributed by atoms with Gasteiger partial charge in [0.25, 0.3) is 0 Å². The molecule has 7 heteroatoms. The van der Waals surface area contributed by atoms with Crippen LogP contribution in [0.5, 0.6) is 5.75 Å². The molecule has 0 radical (unpaired) electrons. The van der Waals surface area contributed by atoms with Crippen LogP contribution >= 0.6 is 0 Å². The molecule has 2 aliphatic rings. The molecule has 2 bridgehead atoms. The van der Waals surface area contributed by atoms with E-state index in [1.54, 1.807) is 16.7 Å². The number of fused-ring (bicyclic) bond motifs is 3. The van der Waals surface area contributed by atoms with Crippen LogP contribution in [-0.4, -0.2) is 45.9 Å². The smallest absolute Gasteiger partial charge is 0.341 e. The third kappa shape index (κ3) is 2.44. The Morgan fingerprint density at radius 1 is 1.50 bits per heavy atom. The van der Waals surface area contributed by atoms with Gasteiger partial charge in [-0.05, 0) is 20.3 Å². The van der Waals surface area contributed by atoms with E-state index in [-0.39, 0.29) is 17.8 Å². The van der Waals surface area contributed by atoms with E-state index in [0.717, 1.165) is 18.5 Å². The normalized spacial score (nSPS) is 26.2. The average molecular weight is 332 g/mol.